The molecule has 0 aliphatic rings. The molecule has 2 aromatic carbocycles. The summed E-state index contributed by atoms with van der Waals surface area (Å²) in [5, 5.41) is 0.517. The molecular weight excluding hydrogens is 272 g/mol. The van der Waals surface area contributed by atoms with E-state index >= 15 is 0 Å². The third kappa shape index (κ3) is 2.56. The zero-order chi connectivity index (χ0) is 14.9. The summed E-state index contributed by atoms with van der Waals surface area (Å²) in [5.41, 5.74) is 3.96. The molecule has 0 aliphatic heterocycles. The van der Waals surface area contributed by atoms with Crippen LogP contribution in [0.3, 0.4) is 0 Å². The number of methoxy groups -OCH3 is 1. The third-order valence-corrected chi connectivity index (χ3v) is 3.86. The summed E-state index contributed by atoms with van der Waals surface area (Å²) < 4.78 is 5.32. The van der Waals surface area contributed by atoms with Crippen molar-refractivity contribution in [3.05, 3.63) is 63.2 Å². The highest BCUT2D eigenvalue weighted by Gasteiger charge is 2.16. The maximum absolute atomic E-state index is 12.6. The van der Waals surface area contributed by atoms with Crippen molar-refractivity contribution in [3.63, 3.8) is 0 Å². The van der Waals surface area contributed by atoms with E-state index in [0.29, 0.717) is 16.1 Å². The van der Waals surface area contributed by atoms with Gasteiger partial charge < -0.3 is 4.74 Å². The molecule has 2 rings (SSSR count). The highest BCUT2D eigenvalue weighted by atomic mass is 35.5. The maximum Gasteiger partial charge on any atom is 0.194 e. The number of ketones is 1. The highest BCUT2D eigenvalue weighted by Crippen LogP contribution is 2.28. The number of aryl methyl sites for hydroxylation is 3. The molecule has 0 aromatic heterocycles. The molecule has 0 unspecified atom stereocenters. The van der Waals surface area contributed by atoms with E-state index < -0.39 is 0 Å². The molecule has 0 aliphatic carbocycles. The van der Waals surface area contributed by atoms with Gasteiger partial charge in [-0.15, -0.1) is 0 Å². The molecule has 20 heavy (non-hydrogen) atoms. The van der Waals surface area contributed by atoms with Crippen molar-refractivity contribution in [2.45, 2.75) is 20.8 Å². The fourth-order valence-corrected chi connectivity index (χ4v) is 2.59. The highest BCUT2D eigenvalue weighted by molar-refractivity contribution is 6.35. The largest absolute Gasteiger partial charge is 0.496 e. The van der Waals surface area contributed by atoms with Gasteiger partial charge in [0, 0.05) is 11.1 Å². The molecule has 0 N–H and O–H groups in total. The monoisotopic (exact) mass is 288 g/mol. The van der Waals surface area contributed by atoms with Gasteiger partial charge in [-0.25, -0.2) is 0 Å². The van der Waals surface area contributed by atoms with Crippen molar-refractivity contribution in [3.8, 4) is 5.75 Å². The molecule has 0 spiro atoms. The minimum Gasteiger partial charge on any atom is -0.496 e. The molecule has 0 amide bonds. The normalized spacial score (nSPS) is 10.4. The van der Waals surface area contributed by atoms with E-state index in [-0.39, 0.29) is 5.78 Å². The van der Waals surface area contributed by atoms with Crippen LogP contribution in [0.25, 0.3) is 0 Å². The maximum atomic E-state index is 12.6. The van der Waals surface area contributed by atoms with E-state index in [9.17, 15) is 4.79 Å². The number of ether oxygens (including phenoxy) is 1. The van der Waals surface area contributed by atoms with Crippen LogP contribution in [0, 0.1) is 20.8 Å². The molecule has 0 atom stereocenters. The minimum atomic E-state index is -0.0625. The Morgan fingerprint density at radius 1 is 1.05 bits per heavy atom. The quantitative estimate of drug-likeness (QED) is 0.777. The molecule has 0 saturated carbocycles. The number of carbonyl (C=O) groups is 1. The van der Waals surface area contributed by atoms with Crippen LogP contribution >= 0.6 is 11.6 Å². The lowest BCUT2D eigenvalue weighted by atomic mass is 9.97. The van der Waals surface area contributed by atoms with Gasteiger partial charge in [-0.3, -0.25) is 4.79 Å². The number of hydrogen-bond donors (Lipinski definition) is 0. The van der Waals surface area contributed by atoms with Crippen LogP contribution in [0.15, 0.2) is 30.3 Å². The molecule has 104 valence electrons. The number of hydrogen-bond acceptors (Lipinski definition) is 2. The molecule has 0 fully saturated rings. The Kier molecular flexibility index (Phi) is 4.15. The van der Waals surface area contributed by atoms with Gasteiger partial charge in [-0.05, 0) is 55.7 Å². The van der Waals surface area contributed by atoms with Crippen molar-refractivity contribution in [2.24, 2.45) is 0 Å². The first kappa shape index (κ1) is 14.6. The van der Waals surface area contributed by atoms with Gasteiger partial charge in [0.25, 0.3) is 0 Å². The van der Waals surface area contributed by atoms with Gasteiger partial charge >= 0.3 is 0 Å². The Morgan fingerprint density at radius 2 is 1.65 bits per heavy atom. The smallest absolute Gasteiger partial charge is 0.194 e. The van der Waals surface area contributed by atoms with Crippen LogP contribution in [0.5, 0.6) is 5.75 Å². The first-order chi connectivity index (χ1) is 9.45. The predicted molar refractivity (Wildman–Crippen MR) is 82.1 cm³/mol. The van der Waals surface area contributed by atoms with Crippen molar-refractivity contribution in [1.29, 1.82) is 0 Å². The average molecular weight is 289 g/mol. The Hall–Kier alpha value is -1.80. The molecular formula is C17H17ClO2. The first-order valence-electron chi connectivity index (χ1n) is 6.40. The van der Waals surface area contributed by atoms with E-state index in [2.05, 4.69) is 0 Å². The van der Waals surface area contributed by atoms with Crippen molar-refractivity contribution >= 4 is 17.4 Å². The predicted octanol–water partition coefficient (Wildman–Crippen LogP) is 4.50. The van der Waals surface area contributed by atoms with Crippen molar-refractivity contribution < 1.29 is 9.53 Å². The van der Waals surface area contributed by atoms with E-state index in [0.717, 1.165) is 22.4 Å². The van der Waals surface area contributed by atoms with Gasteiger partial charge in [0.1, 0.15) is 5.75 Å². The summed E-state index contributed by atoms with van der Waals surface area (Å²) >= 11 is 6.23. The summed E-state index contributed by atoms with van der Waals surface area (Å²) in [4.78, 5) is 12.6. The zero-order valence-electron chi connectivity index (χ0n) is 12.1. The minimum absolute atomic E-state index is 0.0625. The van der Waals surface area contributed by atoms with Crippen LogP contribution in [0.1, 0.15) is 32.6 Å². The van der Waals surface area contributed by atoms with Gasteiger partial charge in [-0.2, -0.15) is 0 Å². The number of benzene rings is 2. The second-order valence-electron chi connectivity index (χ2n) is 4.91. The summed E-state index contributed by atoms with van der Waals surface area (Å²) in [6.45, 7) is 5.75. The Bertz CT molecular complexity index is 652. The number of carbonyl (C=O) groups excluding carboxylic acids is 1. The summed E-state index contributed by atoms with van der Waals surface area (Å²) in [7, 11) is 1.63. The molecule has 0 heterocycles. The van der Waals surface area contributed by atoms with Crippen LogP contribution in [0.2, 0.25) is 5.02 Å². The summed E-state index contributed by atoms with van der Waals surface area (Å²) in [6, 6.07) is 9.17. The molecule has 2 aromatic rings. The lowest BCUT2D eigenvalue weighted by molar-refractivity contribution is 0.103. The van der Waals surface area contributed by atoms with Crippen LogP contribution in [-0.2, 0) is 0 Å². The second kappa shape index (κ2) is 5.68. The summed E-state index contributed by atoms with van der Waals surface area (Å²) in [6.07, 6.45) is 0. The fourth-order valence-electron chi connectivity index (χ4n) is 2.38. The lowest BCUT2D eigenvalue weighted by Crippen LogP contribution is -2.05. The molecule has 2 nitrogen and oxygen atoms in total. The standard InChI is InChI=1S/C17H17ClO2/c1-10-6-5-7-14(15(10)18)16(19)13-8-11(2)17(20-4)12(3)9-13/h5-9H,1-4H3. The van der Waals surface area contributed by atoms with Gasteiger partial charge in [0.05, 0.1) is 12.1 Å². The van der Waals surface area contributed by atoms with Crippen molar-refractivity contribution in [1.82, 2.24) is 0 Å². The Balaban J connectivity index is 2.52. The van der Waals surface area contributed by atoms with Crippen LogP contribution in [0.4, 0.5) is 0 Å². The molecule has 0 bridgehead atoms. The topological polar surface area (TPSA) is 26.3 Å². The molecule has 3 heteroatoms. The van der Waals surface area contributed by atoms with Gasteiger partial charge in [0.2, 0.25) is 0 Å². The van der Waals surface area contributed by atoms with E-state index in [4.69, 9.17) is 16.3 Å². The first-order valence-corrected chi connectivity index (χ1v) is 6.78. The lowest BCUT2D eigenvalue weighted by Gasteiger charge is -2.12. The van der Waals surface area contributed by atoms with Gasteiger partial charge in [-0.1, -0.05) is 23.7 Å². The second-order valence-corrected chi connectivity index (χ2v) is 5.29. The van der Waals surface area contributed by atoms with E-state index in [1.165, 1.54) is 0 Å². The van der Waals surface area contributed by atoms with Crippen LogP contribution in [-0.4, -0.2) is 12.9 Å². The van der Waals surface area contributed by atoms with Gasteiger partial charge in [0.15, 0.2) is 5.78 Å². The third-order valence-electron chi connectivity index (χ3n) is 3.36. The van der Waals surface area contributed by atoms with Crippen LogP contribution < -0.4 is 4.74 Å². The van der Waals surface area contributed by atoms with E-state index in [1.807, 2.05) is 45.0 Å². The molecule has 0 saturated heterocycles. The summed E-state index contributed by atoms with van der Waals surface area (Å²) in [5.74, 6) is 0.754. The average Bonchev–Trinajstić information content (AvgIpc) is 2.41. The number of halogens is 1. The van der Waals surface area contributed by atoms with Crippen molar-refractivity contribution in [2.75, 3.05) is 7.11 Å². The Labute approximate surface area is 124 Å². The number of rotatable bonds is 3. The van der Waals surface area contributed by atoms with E-state index in [1.54, 1.807) is 13.2 Å². The fraction of sp³-hybridized carbons (Fsp3) is 0.235. The Morgan fingerprint density at radius 3 is 2.20 bits per heavy atom. The molecule has 0 radical (unpaired) electrons. The SMILES string of the molecule is COc1c(C)cc(C(=O)c2cccc(C)c2Cl)cc1C. The zero-order valence-corrected chi connectivity index (χ0v) is 12.8.